The summed E-state index contributed by atoms with van der Waals surface area (Å²) in [5, 5.41) is 3.50. The van der Waals surface area contributed by atoms with E-state index >= 15 is 0 Å². The molecule has 0 fully saturated rings. The van der Waals surface area contributed by atoms with Gasteiger partial charge in [-0.05, 0) is 33.9 Å². The summed E-state index contributed by atoms with van der Waals surface area (Å²) >= 11 is 0. The molecule has 1 N–H and O–H groups in total. The van der Waals surface area contributed by atoms with E-state index < -0.39 is 0 Å². The van der Waals surface area contributed by atoms with Gasteiger partial charge in [0.05, 0.1) is 11.4 Å². The SMILES string of the molecule is Cc1cnc(C)c(NC(CN(C)C)C(C)C)n1. The van der Waals surface area contributed by atoms with Crippen LogP contribution in [0.2, 0.25) is 0 Å². The normalized spacial score (nSPS) is 13.2. The van der Waals surface area contributed by atoms with Crippen LogP contribution in [0.5, 0.6) is 0 Å². The third-order valence-corrected chi connectivity index (χ3v) is 2.76. The first-order valence-electron chi connectivity index (χ1n) is 6.11. The standard InChI is InChI=1S/C13H24N4/c1-9(2)12(8-17(5)6)16-13-11(4)14-7-10(3)15-13/h7,9,12H,8H2,1-6H3,(H,15,16). The Kier molecular flexibility index (Phi) is 4.87. The maximum Gasteiger partial charge on any atom is 0.148 e. The Morgan fingerprint density at radius 3 is 2.47 bits per heavy atom. The van der Waals surface area contributed by atoms with Crippen molar-refractivity contribution in [3.05, 3.63) is 17.6 Å². The molecule has 1 aromatic rings. The Labute approximate surface area is 104 Å². The summed E-state index contributed by atoms with van der Waals surface area (Å²) in [6.07, 6.45) is 1.80. The van der Waals surface area contributed by atoms with Crippen molar-refractivity contribution in [1.82, 2.24) is 14.9 Å². The molecule has 1 heterocycles. The van der Waals surface area contributed by atoms with E-state index in [-0.39, 0.29) is 0 Å². The van der Waals surface area contributed by atoms with Crippen molar-refractivity contribution in [3.63, 3.8) is 0 Å². The predicted octanol–water partition coefficient (Wildman–Crippen LogP) is 2.09. The number of aromatic nitrogens is 2. The first-order chi connectivity index (χ1) is 7.90. The summed E-state index contributed by atoms with van der Waals surface area (Å²) in [6, 6.07) is 0.389. The fourth-order valence-corrected chi connectivity index (χ4v) is 1.67. The van der Waals surface area contributed by atoms with Crippen molar-refractivity contribution in [3.8, 4) is 0 Å². The molecule has 0 amide bonds. The largest absolute Gasteiger partial charge is 0.364 e. The monoisotopic (exact) mass is 236 g/mol. The molecular weight excluding hydrogens is 212 g/mol. The number of nitrogens with one attached hydrogen (secondary N) is 1. The average Bonchev–Trinajstić information content (AvgIpc) is 2.21. The Hall–Kier alpha value is -1.16. The molecule has 0 aliphatic rings. The highest BCUT2D eigenvalue weighted by Gasteiger charge is 2.16. The van der Waals surface area contributed by atoms with E-state index in [1.165, 1.54) is 0 Å². The van der Waals surface area contributed by atoms with Gasteiger partial charge in [-0.2, -0.15) is 0 Å². The van der Waals surface area contributed by atoms with Crippen LogP contribution in [0.25, 0.3) is 0 Å². The van der Waals surface area contributed by atoms with Crippen molar-refractivity contribution in [2.45, 2.75) is 33.7 Å². The smallest absolute Gasteiger partial charge is 0.148 e. The summed E-state index contributed by atoms with van der Waals surface area (Å²) in [5.74, 6) is 1.46. The van der Waals surface area contributed by atoms with Crippen molar-refractivity contribution < 1.29 is 0 Å². The third kappa shape index (κ3) is 4.30. The molecule has 0 aliphatic carbocycles. The fourth-order valence-electron chi connectivity index (χ4n) is 1.67. The van der Waals surface area contributed by atoms with Crippen LogP contribution >= 0.6 is 0 Å². The number of aryl methyl sites for hydroxylation is 2. The third-order valence-electron chi connectivity index (χ3n) is 2.76. The van der Waals surface area contributed by atoms with E-state index in [9.17, 15) is 0 Å². The van der Waals surface area contributed by atoms with E-state index in [4.69, 9.17) is 0 Å². The molecule has 0 radical (unpaired) electrons. The molecular formula is C13H24N4. The number of nitrogens with zero attached hydrogens (tertiary/aromatic N) is 3. The van der Waals surface area contributed by atoms with Crippen LogP contribution < -0.4 is 5.32 Å². The van der Waals surface area contributed by atoms with Crippen molar-refractivity contribution in [2.24, 2.45) is 5.92 Å². The maximum absolute atomic E-state index is 4.51. The molecule has 96 valence electrons. The van der Waals surface area contributed by atoms with Gasteiger partial charge in [-0.1, -0.05) is 13.8 Å². The van der Waals surface area contributed by atoms with Crippen molar-refractivity contribution in [1.29, 1.82) is 0 Å². The van der Waals surface area contributed by atoms with Crippen LogP contribution in [0.3, 0.4) is 0 Å². The molecule has 1 unspecified atom stereocenters. The van der Waals surface area contributed by atoms with Crippen LogP contribution in [0.1, 0.15) is 25.2 Å². The number of hydrogen-bond acceptors (Lipinski definition) is 4. The van der Waals surface area contributed by atoms with E-state index in [1.54, 1.807) is 6.20 Å². The summed E-state index contributed by atoms with van der Waals surface area (Å²) in [4.78, 5) is 11.0. The van der Waals surface area contributed by atoms with E-state index in [2.05, 4.69) is 48.1 Å². The Bertz CT molecular complexity index is 360. The lowest BCUT2D eigenvalue weighted by Gasteiger charge is -2.26. The van der Waals surface area contributed by atoms with Gasteiger partial charge >= 0.3 is 0 Å². The summed E-state index contributed by atoms with van der Waals surface area (Å²) in [5.41, 5.74) is 1.91. The minimum absolute atomic E-state index is 0.389. The highest BCUT2D eigenvalue weighted by Crippen LogP contribution is 2.14. The van der Waals surface area contributed by atoms with E-state index in [0.717, 1.165) is 23.8 Å². The highest BCUT2D eigenvalue weighted by molar-refractivity contribution is 5.40. The number of hydrogen-bond donors (Lipinski definition) is 1. The number of anilines is 1. The molecule has 1 aromatic heterocycles. The lowest BCUT2D eigenvalue weighted by Crippen LogP contribution is -2.37. The number of likely N-dealkylation sites (N-methyl/N-ethyl adjacent to an activating group) is 1. The molecule has 4 nitrogen and oxygen atoms in total. The zero-order chi connectivity index (χ0) is 13.0. The van der Waals surface area contributed by atoms with Crippen LogP contribution in [-0.2, 0) is 0 Å². The average molecular weight is 236 g/mol. The summed E-state index contributed by atoms with van der Waals surface area (Å²) in [6.45, 7) is 9.39. The zero-order valence-corrected chi connectivity index (χ0v) is 11.8. The second kappa shape index (κ2) is 5.96. The lowest BCUT2D eigenvalue weighted by atomic mass is 10.0. The molecule has 0 bridgehead atoms. The van der Waals surface area contributed by atoms with Crippen molar-refractivity contribution >= 4 is 5.82 Å². The van der Waals surface area contributed by atoms with E-state index in [1.807, 2.05) is 13.8 Å². The molecule has 0 spiro atoms. The van der Waals surface area contributed by atoms with E-state index in [0.29, 0.717) is 12.0 Å². The van der Waals surface area contributed by atoms with Gasteiger partial charge in [0.15, 0.2) is 0 Å². The first kappa shape index (κ1) is 13.9. The van der Waals surface area contributed by atoms with Gasteiger partial charge < -0.3 is 10.2 Å². The Morgan fingerprint density at radius 1 is 1.29 bits per heavy atom. The zero-order valence-electron chi connectivity index (χ0n) is 11.8. The topological polar surface area (TPSA) is 41.1 Å². The molecule has 4 heteroatoms. The minimum atomic E-state index is 0.389. The first-order valence-corrected chi connectivity index (χ1v) is 6.11. The second-order valence-corrected chi connectivity index (χ2v) is 5.20. The van der Waals surface area contributed by atoms with Gasteiger partial charge in [-0.15, -0.1) is 0 Å². The lowest BCUT2D eigenvalue weighted by molar-refractivity contribution is 0.344. The summed E-state index contributed by atoms with van der Waals surface area (Å²) in [7, 11) is 4.18. The molecule has 0 saturated carbocycles. The van der Waals surface area contributed by atoms with Gasteiger partial charge in [0.25, 0.3) is 0 Å². The Balaban J connectivity index is 2.81. The molecule has 0 aromatic carbocycles. The van der Waals surface area contributed by atoms with Crippen LogP contribution in [0.15, 0.2) is 6.20 Å². The van der Waals surface area contributed by atoms with Crippen molar-refractivity contribution in [2.75, 3.05) is 26.0 Å². The van der Waals surface area contributed by atoms with Gasteiger partial charge in [0, 0.05) is 18.8 Å². The molecule has 1 atom stereocenters. The van der Waals surface area contributed by atoms with Crippen LogP contribution in [-0.4, -0.2) is 41.5 Å². The van der Waals surface area contributed by atoms with Gasteiger partial charge in [-0.25, -0.2) is 4.98 Å². The minimum Gasteiger partial charge on any atom is -0.364 e. The second-order valence-electron chi connectivity index (χ2n) is 5.20. The van der Waals surface area contributed by atoms with Crippen LogP contribution in [0.4, 0.5) is 5.82 Å². The quantitative estimate of drug-likeness (QED) is 0.850. The predicted molar refractivity (Wildman–Crippen MR) is 72.3 cm³/mol. The highest BCUT2D eigenvalue weighted by atomic mass is 15.1. The van der Waals surface area contributed by atoms with Crippen LogP contribution in [0, 0.1) is 19.8 Å². The van der Waals surface area contributed by atoms with Gasteiger partial charge in [-0.3, -0.25) is 4.98 Å². The number of rotatable bonds is 5. The van der Waals surface area contributed by atoms with Gasteiger partial charge in [0.2, 0.25) is 0 Å². The molecule has 1 rings (SSSR count). The van der Waals surface area contributed by atoms with Gasteiger partial charge in [0.1, 0.15) is 5.82 Å². The molecule has 0 saturated heterocycles. The Morgan fingerprint density at radius 2 is 1.94 bits per heavy atom. The molecule has 17 heavy (non-hydrogen) atoms. The summed E-state index contributed by atoms with van der Waals surface area (Å²) < 4.78 is 0. The fraction of sp³-hybridized carbons (Fsp3) is 0.692. The maximum atomic E-state index is 4.51. The molecule has 0 aliphatic heterocycles.